The number of H-pyrrole nitrogens is 1. The van der Waals surface area contributed by atoms with Gasteiger partial charge in [-0.1, -0.05) is 6.92 Å². The van der Waals surface area contributed by atoms with Crippen LogP contribution in [0.4, 0.5) is 0 Å². The summed E-state index contributed by atoms with van der Waals surface area (Å²) in [7, 11) is 0. The summed E-state index contributed by atoms with van der Waals surface area (Å²) in [6.45, 7) is 4.35. The van der Waals surface area contributed by atoms with Gasteiger partial charge < -0.3 is 10.3 Å². The molecule has 0 saturated carbocycles. The minimum Gasteiger partial charge on any atom is -0.367 e. The van der Waals surface area contributed by atoms with Crippen LogP contribution in [0.15, 0.2) is 18.5 Å². The molecule has 2 nitrogen and oxygen atoms in total. The van der Waals surface area contributed by atoms with Gasteiger partial charge in [0.1, 0.15) is 0 Å². The maximum Gasteiger partial charge on any atom is 0.0220 e. The van der Waals surface area contributed by atoms with Gasteiger partial charge >= 0.3 is 0 Å². The van der Waals surface area contributed by atoms with Crippen molar-refractivity contribution in [3.63, 3.8) is 0 Å². The highest BCUT2D eigenvalue weighted by Crippen LogP contribution is 2.08. The Morgan fingerprint density at radius 1 is 1.62 bits per heavy atom. The number of aromatic amines is 1. The molecule has 0 amide bonds. The van der Waals surface area contributed by atoms with Crippen LogP contribution >= 0.6 is 11.8 Å². The Kier molecular flexibility index (Phi) is 5.01. The summed E-state index contributed by atoms with van der Waals surface area (Å²) in [6, 6.07) is 2.10. The molecule has 13 heavy (non-hydrogen) atoms. The molecule has 0 aliphatic heterocycles. The summed E-state index contributed by atoms with van der Waals surface area (Å²) < 4.78 is 0. The predicted octanol–water partition coefficient (Wildman–Crippen LogP) is 2.25. The van der Waals surface area contributed by atoms with Crippen molar-refractivity contribution in [1.82, 2.24) is 10.3 Å². The second-order valence-electron chi connectivity index (χ2n) is 3.23. The number of nitrogens with one attached hydrogen (secondary N) is 2. The normalized spacial score (nSPS) is 13.1. The van der Waals surface area contributed by atoms with Crippen LogP contribution in [0.1, 0.15) is 18.9 Å². The molecule has 1 atom stereocenters. The van der Waals surface area contributed by atoms with Crippen LogP contribution in [0.25, 0.3) is 0 Å². The third-order valence-corrected chi connectivity index (χ3v) is 3.16. The van der Waals surface area contributed by atoms with Gasteiger partial charge in [0.05, 0.1) is 0 Å². The van der Waals surface area contributed by atoms with E-state index in [9.17, 15) is 0 Å². The average molecular weight is 198 g/mol. The van der Waals surface area contributed by atoms with Crippen LogP contribution in [0.5, 0.6) is 0 Å². The number of rotatable bonds is 6. The monoisotopic (exact) mass is 198 g/mol. The van der Waals surface area contributed by atoms with Gasteiger partial charge in [-0.25, -0.2) is 0 Å². The Morgan fingerprint density at radius 2 is 2.46 bits per heavy atom. The average Bonchev–Trinajstić information content (AvgIpc) is 2.64. The zero-order valence-corrected chi connectivity index (χ0v) is 9.16. The molecule has 2 N–H and O–H groups in total. The van der Waals surface area contributed by atoms with Crippen molar-refractivity contribution in [2.24, 2.45) is 0 Å². The lowest BCUT2D eigenvalue weighted by Crippen LogP contribution is -2.17. The predicted molar refractivity (Wildman–Crippen MR) is 60.1 cm³/mol. The van der Waals surface area contributed by atoms with E-state index in [0.717, 1.165) is 18.3 Å². The molecule has 1 aromatic rings. The second kappa shape index (κ2) is 6.11. The van der Waals surface area contributed by atoms with E-state index in [-0.39, 0.29) is 0 Å². The third kappa shape index (κ3) is 4.39. The van der Waals surface area contributed by atoms with Crippen LogP contribution in [0.2, 0.25) is 0 Å². The topological polar surface area (TPSA) is 27.8 Å². The lowest BCUT2D eigenvalue weighted by Gasteiger charge is -2.08. The van der Waals surface area contributed by atoms with Crippen LogP contribution in [-0.4, -0.2) is 23.0 Å². The quantitative estimate of drug-likeness (QED) is 0.686. The first-order valence-electron chi connectivity index (χ1n) is 4.68. The van der Waals surface area contributed by atoms with Crippen molar-refractivity contribution in [3.05, 3.63) is 24.0 Å². The fraction of sp³-hybridized carbons (Fsp3) is 0.600. The number of hydrogen-bond acceptors (Lipinski definition) is 2. The number of aromatic nitrogens is 1. The lowest BCUT2D eigenvalue weighted by molar-refractivity contribution is 0.648. The summed E-state index contributed by atoms with van der Waals surface area (Å²) in [6.07, 6.45) is 7.40. The molecule has 0 radical (unpaired) electrons. The van der Waals surface area contributed by atoms with Gasteiger partial charge in [0, 0.05) is 24.2 Å². The van der Waals surface area contributed by atoms with E-state index in [1.165, 1.54) is 12.0 Å². The Hall–Kier alpha value is -0.410. The summed E-state index contributed by atoms with van der Waals surface area (Å²) in [5, 5.41) is 4.18. The molecule has 0 aromatic carbocycles. The Balaban J connectivity index is 2.02. The summed E-state index contributed by atoms with van der Waals surface area (Å²) in [5.74, 6) is 0. The molecule has 1 aromatic heterocycles. The van der Waals surface area contributed by atoms with Gasteiger partial charge in [-0.2, -0.15) is 11.8 Å². The molecule has 1 heterocycles. The summed E-state index contributed by atoms with van der Waals surface area (Å²) in [5.41, 5.74) is 1.33. The van der Waals surface area contributed by atoms with Gasteiger partial charge in [-0.05, 0) is 30.9 Å². The molecule has 0 saturated heterocycles. The molecule has 74 valence electrons. The smallest absolute Gasteiger partial charge is 0.0220 e. The lowest BCUT2D eigenvalue weighted by atomic mass is 10.3. The summed E-state index contributed by atoms with van der Waals surface area (Å²) in [4.78, 5) is 3.05. The van der Waals surface area contributed by atoms with E-state index in [2.05, 4.69) is 29.5 Å². The van der Waals surface area contributed by atoms with Crippen molar-refractivity contribution >= 4 is 11.8 Å². The van der Waals surface area contributed by atoms with E-state index in [1.807, 2.05) is 24.2 Å². The van der Waals surface area contributed by atoms with Gasteiger partial charge in [0.15, 0.2) is 0 Å². The van der Waals surface area contributed by atoms with Crippen LogP contribution in [0.3, 0.4) is 0 Å². The van der Waals surface area contributed by atoms with E-state index in [0.29, 0.717) is 0 Å². The van der Waals surface area contributed by atoms with Gasteiger partial charge in [0.25, 0.3) is 0 Å². The second-order valence-corrected chi connectivity index (χ2v) is 4.51. The highest BCUT2D eigenvalue weighted by Gasteiger charge is 1.98. The molecule has 0 spiro atoms. The zero-order valence-electron chi connectivity index (χ0n) is 8.34. The van der Waals surface area contributed by atoms with Crippen molar-refractivity contribution < 1.29 is 0 Å². The van der Waals surface area contributed by atoms with Crippen molar-refractivity contribution in [1.29, 1.82) is 0 Å². The highest BCUT2D eigenvalue weighted by atomic mass is 32.2. The molecule has 0 aliphatic rings. The molecule has 1 rings (SSSR count). The standard InChI is InChI=1S/C10H18N2S/c1-9(13-2)3-5-11-7-10-4-6-12-8-10/h4,6,8-9,11-12H,3,5,7H2,1-2H3. The van der Waals surface area contributed by atoms with Crippen molar-refractivity contribution in [2.45, 2.75) is 25.1 Å². The maximum absolute atomic E-state index is 3.42. The highest BCUT2D eigenvalue weighted by molar-refractivity contribution is 7.99. The van der Waals surface area contributed by atoms with E-state index in [4.69, 9.17) is 0 Å². The van der Waals surface area contributed by atoms with Crippen molar-refractivity contribution in [2.75, 3.05) is 12.8 Å². The largest absolute Gasteiger partial charge is 0.367 e. The zero-order chi connectivity index (χ0) is 9.52. The third-order valence-electron chi connectivity index (χ3n) is 2.12. The van der Waals surface area contributed by atoms with Crippen LogP contribution < -0.4 is 5.32 Å². The molecule has 3 heteroatoms. The van der Waals surface area contributed by atoms with Gasteiger partial charge in [-0.3, -0.25) is 0 Å². The fourth-order valence-electron chi connectivity index (χ4n) is 1.12. The number of hydrogen-bond donors (Lipinski definition) is 2. The van der Waals surface area contributed by atoms with Crippen LogP contribution in [-0.2, 0) is 6.54 Å². The maximum atomic E-state index is 3.42. The molecule has 1 unspecified atom stereocenters. The van der Waals surface area contributed by atoms with Gasteiger partial charge in [0.2, 0.25) is 0 Å². The molecule has 0 bridgehead atoms. The number of thioether (sulfide) groups is 1. The SMILES string of the molecule is CSC(C)CCNCc1cc[nH]c1. The first-order chi connectivity index (χ1) is 6.33. The minimum absolute atomic E-state index is 0.763. The Bertz CT molecular complexity index is 209. The first-order valence-corrected chi connectivity index (χ1v) is 5.97. The molecular weight excluding hydrogens is 180 g/mol. The molecule has 0 aliphatic carbocycles. The van der Waals surface area contributed by atoms with E-state index in [1.54, 1.807) is 0 Å². The Labute approximate surface area is 84.5 Å². The minimum atomic E-state index is 0.763. The molecular formula is C10H18N2S. The Morgan fingerprint density at radius 3 is 3.08 bits per heavy atom. The van der Waals surface area contributed by atoms with Crippen molar-refractivity contribution in [3.8, 4) is 0 Å². The van der Waals surface area contributed by atoms with Crippen LogP contribution in [0, 0.1) is 0 Å². The fourth-order valence-corrected chi connectivity index (χ4v) is 1.48. The van der Waals surface area contributed by atoms with Gasteiger partial charge in [-0.15, -0.1) is 0 Å². The summed E-state index contributed by atoms with van der Waals surface area (Å²) >= 11 is 1.93. The van der Waals surface area contributed by atoms with E-state index >= 15 is 0 Å². The molecule has 0 fully saturated rings. The van der Waals surface area contributed by atoms with E-state index < -0.39 is 0 Å². The first kappa shape index (κ1) is 10.7.